The fourth-order valence-corrected chi connectivity index (χ4v) is 8.02. The maximum atomic E-state index is 6.16. The van der Waals surface area contributed by atoms with Crippen LogP contribution in [0.15, 0.2) is 180 Å². The van der Waals surface area contributed by atoms with E-state index in [0.717, 1.165) is 50.0 Å². The third-order valence-electron chi connectivity index (χ3n) is 10.6. The molecule has 0 spiro atoms. The van der Waals surface area contributed by atoms with Crippen LogP contribution >= 0.6 is 0 Å². The molecule has 0 radical (unpaired) electrons. The van der Waals surface area contributed by atoms with Crippen molar-refractivity contribution >= 4 is 21.9 Å². The lowest BCUT2D eigenvalue weighted by Gasteiger charge is -2.28. The predicted molar refractivity (Wildman–Crippen MR) is 208 cm³/mol. The maximum absolute atomic E-state index is 6.16. The van der Waals surface area contributed by atoms with Crippen molar-refractivity contribution in [1.82, 2.24) is 9.97 Å². The molecule has 0 saturated heterocycles. The van der Waals surface area contributed by atoms with Crippen LogP contribution in [0.1, 0.15) is 23.6 Å². The molecule has 1 aliphatic carbocycles. The zero-order chi connectivity index (χ0) is 33.9. The van der Waals surface area contributed by atoms with Gasteiger partial charge in [0.2, 0.25) is 0 Å². The molecule has 9 aromatic rings. The number of furan rings is 1. The third kappa shape index (κ3) is 4.66. The number of hydrogen-bond acceptors (Lipinski definition) is 3. The summed E-state index contributed by atoms with van der Waals surface area (Å²) in [6.07, 6.45) is 0. The molecule has 0 saturated carbocycles. The second kappa shape index (κ2) is 11.5. The Bertz CT molecular complexity index is 2750. The molecule has 2 aromatic heterocycles. The number of benzene rings is 7. The number of nitrogens with zero attached hydrogens (tertiary/aromatic N) is 2. The summed E-state index contributed by atoms with van der Waals surface area (Å²) in [5.41, 5.74) is 15.1. The van der Waals surface area contributed by atoms with Gasteiger partial charge in [0.25, 0.3) is 0 Å². The molecular formula is C48H32N2O. The van der Waals surface area contributed by atoms with Crippen molar-refractivity contribution in [2.45, 2.75) is 12.3 Å². The van der Waals surface area contributed by atoms with E-state index in [1.807, 2.05) is 30.3 Å². The highest BCUT2D eigenvalue weighted by molar-refractivity contribution is 6.06. The van der Waals surface area contributed by atoms with E-state index in [9.17, 15) is 0 Å². The van der Waals surface area contributed by atoms with Crippen molar-refractivity contribution in [1.29, 1.82) is 0 Å². The topological polar surface area (TPSA) is 38.9 Å². The quantitative estimate of drug-likeness (QED) is 0.186. The van der Waals surface area contributed by atoms with Crippen molar-refractivity contribution < 1.29 is 4.42 Å². The average molecular weight is 653 g/mol. The van der Waals surface area contributed by atoms with Gasteiger partial charge < -0.3 is 4.42 Å². The summed E-state index contributed by atoms with van der Waals surface area (Å²) < 4.78 is 6.16. The molecule has 0 fully saturated rings. The maximum Gasteiger partial charge on any atom is 0.160 e. The molecule has 0 N–H and O–H groups in total. The Morgan fingerprint density at radius 3 is 1.82 bits per heavy atom. The van der Waals surface area contributed by atoms with Crippen molar-refractivity contribution in [2.24, 2.45) is 0 Å². The highest BCUT2D eigenvalue weighted by Gasteiger charge is 2.42. The molecule has 3 nitrogen and oxygen atoms in total. The SMILES string of the molecule is CC1(c2ccccc2)c2cc(-c3cc(-c4ccc5oc6ccccc6c5c4)nc(-c4ccccc4)n3)ccc2-c2c(-c3ccccc3)cccc21. The molecule has 0 amide bonds. The summed E-state index contributed by atoms with van der Waals surface area (Å²) in [6.45, 7) is 2.37. The van der Waals surface area contributed by atoms with Gasteiger partial charge in [-0.3, -0.25) is 0 Å². The molecule has 1 atom stereocenters. The minimum Gasteiger partial charge on any atom is -0.456 e. The van der Waals surface area contributed by atoms with E-state index in [-0.39, 0.29) is 5.41 Å². The molecular weight excluding hydrogens is 621 g/mol. The summed E-state index contributed by atoms with van der Waals surface area (Å²) in [5.74, 6) is 0.696. The zero-order valence-electron chi connectivity index (χ0n) is 28.0. The Balaban J connectivity index is 1.19. The second-order valence-corrected chi connectivity index (χ2v) is 13.5. The Hall–Kier alpha value is -6.58. The highest BCUT2D eigenvalue weighted by Crippen LogP contribution is 2.55. The van der Waals surface area contributed by atoms with Crippen LogP contribution in [0.3, 0.4) is 0 Å². The van der Waals surface area contributed by atoms with Crippen LogP contribution in [0.5, 0.6) is 0 Å². The van der Waals surface area contributed by atoms with Gasteiger partial charge >= 0.3 is 0 Å². The van der Waals surface area contributed by atoms with Gasteiger partial charge in [0.1, 0.15) is 11.2 Å². The fraction of sp³-hybridized carbons (Fsp3) is 0.0417. The summed E-state index contributed by atoms with van der Waals surface area (Å²) in [4.78, 5) is 10.4. The van der Waals surface area contributed by atoms with E-state index >= 15 is 0 Å². The van der Waals surface area contributed by atoms with Gasteiger partial charge in [-0.25, -0.2) is 9.97 Å². The number of rotatable bonds is 5. The zero-order valence-corrected chi connectivity index (χ0v) is 28.0. The van der Waals surface area contributed by atoms with Gasteiger partial charge in [0.15, 0.2) is 5.82 Å². The molecule has 240 valence electrons. The van der Waals surface area contributed by atoms with Crippen molar-refractivity contribution in [2.75, 3.05) is 0 Å². The van der Waals surface area contributed by atoms with Gasteiger partial charge in [-0.2, -0.15) is 0 Å². The Labute approximate surface area is 296 Å². The second-order valence-electron chi connectivity index (χ2n) is 13.5. The lowest BCUT2D eigenvalue weighted by Crippen LogP contribution is -2.22. The standard InChI is InChI=1S/C48H32N2O/c1-48(35-18-9-4-10-19-35)40-22-13-21-36(31-14-5-2-6-15-31)46(40)38-26-24-34(29-41(38)48)43-30-42(49-47(50-43)32-16-7-3-8-17-32)33-25-27-45-39(28-33)37-20-11-12-23-44(37)51-45/h2-30H,1H3. The first kappa shape index (κ1) is 29.3. The molecule has 7 aromatic carbocycles. The molecule has 2 heterocycles. The van der Waals surface area contributed by atoms with Crippen LogP contribution in [0.2, 0.25) is 0 Å². The van der Waals surface area contributed by atoms with Crippen molar-refractivity contribution in [3.63, 3.8) is 0 Å². The smallest absolute Gasteiger partial charge is 0.160 e. The molecule has 51 heavy (non-hydrogen) atoms. The number of fused-ring (bicyclic) bond motifs is 6. The van der Waals surface area contributed by atoms with Gasteiger partial charge in [-0.05, 0) is 82.3 Å². The van der Waals surface area contributed by atoms with Gasteiger partial charge in [0, 0.05) is 32.9 Å². The van der Waals surface area contributed by atoms with E-state index in [4.69, 9.17) is 14.4 Å². The van der Waals surface area contributed by atoms with E-state index in [0.29, 0.717) is 5.82 Å². The summed E-state index contributed by atoms with van der Waals surface area (Å²) in [5, 5.41) is 2.17. The minimum absolute atomic E-state index is 0.363. The number of hydrogen-bond donors (Lipinski definition) is 0. The average Bonchev–Trinajstić information content (AvgIpc) is 3.71. The minimum atomic E-state index is -0.363. The molecule has 1 unspecified atom stereocenters. The summed E-state index contributed by atoms with van der Waals surface area (Å²) >= 11 is 0. The van der Waals surface area contributed by atoms with Gasteiger partial charge in [-0.15, -0.1) is 0 Å². The largest absolute Gasteiger partial charge is 0.456 e. The molecule has 3 heteroatoms. The van der Waals surface area contributed by atoms with E-state index in [2.05, 4.69) is 153 Å². The van der Waals surface area contributed by atoms with Crippen LogP contribution < -0.4 is 0 Å². The number of aromatic nitrogens is 2. The Morgan fingerprint density at radius 2 is 1.06 bits per heavy atom. The predicted octanol–water partition coefficient (Wildman–Crippen LogP) is 12.4. The van der Waals surface area contributed by atoms with Crippen LogP contribution in [0, 0.1) is 0 Å². The van der Waals surface area contributed by atoms with E-state index < -0.39 is 0 Å². The van der Waals surface area contributed by atoms with Gasteiger partial charge in [0.05, 0.1) is 11.4 Å². The first-order valence-corrected chi connectivity index (χ1v) is 17.4. The van der Waals surface area contributed by atoms with Crippen LogP contribution in [0.25, 0.3) is 78.1 Å². The van der Waals surface area contributed by atoms with E-state index in [1.54, 1.807) is 0 Å². The van der Waals surface area contributed by atoms with Crippen LogP contribution in [-0.2, 0) is 5.41 Å². The monoisotopic (exact) mass is 652 g/mol. The number of para-hydroxylation sites is 1. The third-order valence-corrected chi connectivity index (χ3v) is 10.6. The first-order valence-electron chi connectivity index (χ1n) is 17.4. The first-order chi connectivity index (χ1) is 25.1. The van der Waals surface area contributed by atoms with Crippen molar-refractivity contribution in [3.05, 3.63) is 193 Å². The van der Waals surface area contributed by atoms with E-state index in [1.165, 1.54) is 38.9 Å². The van der Waals surface area contributed by atoms with Crippen LogP contribution in [-0.4, -0.2) is 9.97 Å². The Kier molecular flexibility index (Phi) is 6.62. The molecule has 1 aliphatic rings. The summed E-state index contributed by atoms with van der Waals surface area (Å²) in [7, 11) is 0. The van der Waals surface area contributed by atoms with Crippen LogP contribution in [0.4, 0.5) is 0 Å². The molecule has 0 aliphatic heterocycles. The lowest BCUT2D eigenvalue weighted by atomic mass is 9.73. The van der Waals surface area contributed by atoms with Crippen molar-refractivity contribution in [3.8, 4) is 56.2 Å². The normalized spacial score (nSPS) is 14.8. The fourth-order valence-electron chi connectivity index (χ4n) is 8.02. The molecule has 0 bridgehead atoms. The Morgan fingerprint density at radius 1 is 0.431 bits per heavy atom. The molecule has 10 rings (SSSR count). The lowest BCUT2D eigenvalue weighted by molar-refractivity contribution is 0.669. The highest BCUT2D eigenvalue weighted by atomic mass is 16.3. The summed E-state index contributed by atoms with van der Waals surface area (Å²) in [6, 6.07) is 62.2. The van der Waals surface area contributed by atoms with Gasteiger partial charge in [-0.1, -0.05) is 140 Å².